The Kier molecular flexibility index (Phi) is 5.20. The lowest BCUT2D eigenvalue weighted by Crippen LogP contribution is -2.45. The summed E-state index contributed by atoms with van der Waals surface area (Å²) in [4.78, 5) is 1.32. The van der Waals surface area contributed by atoms with Crippen LogP contribution < -0.4 is 5.73 Å². The second kappa shape index (κ2) is 6.95. The van der Waals surface area contributed by atoms with E-state index in [0.717, 1.165) is 19.4 Å². The van der Waals surface area contributed by atoms with E-state index < -0.39 is 0 Å². The summed E-state index contributed by atoms with van der Waals surface area (Å²) in [5.41, 5.74) is 8.10. The van der Waals surface area contributed by atoms with Gasteiger partial charge in [0.05, 0.1) is 5.60 Å². The van der Waals surface area contributed by atoms with Crippen molar-refractivity contribution in [1.29, 1.82) is 0 Å². The van der Waals surface area contributed by atoms with E-state index in [1.54, 1.807) is 11.8 Å². The van der Waals surface area contributed by atoms with Crippen molar-refractivity contribution in [3.8, 4) is 0 Å². The Morgan fingerprint density at radius 1 is 1.33 bits per heavy atom. The maximum Gasteiger partial charge on any atom is 0.0701 e. The van der Waals surface area contributed by atoms with Crippen LogP contribution in [-0.4, -0.2) is 30.0 Å². The summed E-state index contributed by atoms with van der Waals surface area (Å²) in [5, 5.41) is 0. The summed E-state index contributed by atoms with van der Waals surface area (Å²) in [7, 11) is 0. The molecule has 116 valence electrons. The highest BCUT2D eigenvalue weighted by Crippen LogP contribution is 2.43. The van der Waals surface area contributed by atoms with E-state index in [1.807, 2.05) is 0 Å². The van der Waals surface area contributed by atoms with Crippen LogP contribution in [0.3, 0.4) is 0 Å². The molecule has 2 fully saturated rings. The zero-order chi connectivity index (χ0) is 14.7. The minimum Gasteiger partial charge on any atom is -0.375 e. The Morgan fingerprint density at radius 3 is 2.86 bits per heavy atom. The number of thioether (sulfide) groups is 2. The summed E-state index contributed by atoms with van der Waals surface area (Å²) < 4.78 is 6.21. The Balaban J connectivity index is 1.76. The molecule has 2 nitrogen and oxygen atoms in total. The van der Waals surface area contributed by atoms with E-state index in [9.17, 15) is 0 Å². The van der Waals surface area contributed by atoms with Gasteiger partial charge in [0.25, 0.3) is 0 Å². The highest BCUT2D eigenvalue weighted by Gasteiger charge is 2.40. The van der Waals surface area contributed by atoms with Crippen LogP contribution >= 0.6 is 23.5 Å². The van der Waals surface area contributed by atoms with E-state index in [0.29, 0.717) is 5.92 Å². The van der Waals surface area contributed by atoms with Crippen molar-refractivity contribution in [2.24, 2.45) is 11.7 Å². The predicted molar refractivity (Wildman–Crippen MR) is 93.1 cm³/mol. The van der Waals surface area contributed by atoms with Crippen molar-refractivity contribution in [1.82, 2.24) is 0 Å². The van der Waals surface area contributed by atoms with Crippen LogP contribution in [0.25, 0.3) is 0 Å². The Morgan fingerprint density at radius 2 is 2.10 bits per heavy atom. The quantitative estimate of drug-likeness (QED) is 0.849. The van der Waals surface area contributed by atoms with Crippen molar-refractivity contribution in [3.05, 3.63) is 29.8 Å². The van der Waals surface area contributed by atoms with Gasteiger partial charge in [0, 0.05) is 17.5 Å². The van der Waals surface area contributed by atoms with Crippen LogP contribution in [-0.2, 0) is 4.74 Å². The maximum atomic E-state index is 6.66. The maximum absolute atomic E-state index is 6.66. The first-order valence-corrected chi connectivity index (χ1v) is 10.2. The molecule has 2 N–H and O–H groups in total. The molecule has 0 saturated carbocycles. The number of hydrogen-bond donors (Lipinski definition) is 1. The van der Waals surface area contributed by atoms with Gasteiger partial charge < -0.3 is 10.5 Å². The molecule has 2 unspecified atom stereocenters. The summed E-state index contributed by atoms with van der Waals surface area (Å²) in [6.45, 7) is 0.879. The topological polar surface area (TPSA) is 35.2 Å². The van der Waals surface area contributed by atoms with Crippen LogP contribution in [0, 0.1) is 5.92 Å². The molecule has 2 heterocycles. The second-order valence-electron chi connectivity index (χ2n) is 6.16. The molecule has 2 aliphatic heterocycles. The van der Waals surface area contributed by atoms with Gasteiger partial charge in [0.2, 0.25) is 0 Å². The fourth-order valence-electron chi connectivity index (χ4n) is 3.66. The lowest BCUT2D eigenvalue weighted by molar-refractivity contribution is -0.106. The molecule has 2 aliphatic rings. The van der Waals surface area contributed by atoms with Gasteiger partial charge in [-0.15, -0.1) is 11.8 Å². The van der Waals surface area contributed by atoms with Crippen LogP contribution in [0.2, 0.25) is 0 Å². The van der Waals surface area contributed by atoms with Gasteiger partial charge in [-0.1, -0.05) is 18.2 Å². The van der Waals surface area contributed by atoms with Gasteiger partial charge in [-0.2, -0.15) is 11.8 Å². The SMILES string of the molecule is CSc1ccccc1C(N)C1CCOC2(CCSCC2)C1. The van der Waals surface area contributed by atoms with E-state index in [-0.39, 0.29) is 11.6 Å². The number of hydrogen-bond acceptors (Lipinski definition) is 4. The molecule has 2 saturated heterocycles. The molecule has 0 aliphatic carbocycles. The number of rotatable bonds is 3. The Labute approximate surface area is 136 Å². The van der Waals surface area contributed by atoms with Crippen LogP contribution in [0.1, 0.15) is 37.3 Å². The molecule has 3 rings (SSSR count). The van der Waals surface area contributed by atoms with Gasteiger partial charge in [-0.3, -0.25) is 0 Å². The minimum absolute atomic E-state index is 0.125. The molecular formula is C17H25NOS2. The smallest absolute Gasteiger partial charge is 0.0701 e. The first-order valence-electron chi connectivity index (χ1n) is 7.84. The van der Waals surface area contributed by atoms with Crippen molar-refractivity contribution >= 4 is 23.5 Å². The summed E-state index contributed by atoms with van der Waals surface area (Å²) in [6, 6.07) is 8.75. The molecule has 1 aromatic rings. The molecule has 0 aromatic heterocycles. The largest absolute Gasteiger partial charge is 0.375 e. The lowest BCUT2D eigenvalue weighted by atomic mass is 9.77. The lowest BCUT2D eigenvalue weighted by Gasteiger charge is -2.45. The zero-order valence-electron chi connectivity index (χ0n) is 12.7. The van der Waals surface area contributed by atoms with Gasteiger partial charge in [0.15, 0.2) is 0 Å². The number of nitrogens with two attached hydrogens (primary N) is 1. The third-order valence-electron chi connectivity index (χ3n) is 4.94. The van der Waals surface area contributed by atoms with Gasteiger partial charge in [-0.25, -0.2) is 0 Å². The van der Waals surface area contributed by atoms with E-state index in [1.165, 1.54) is 34.8 Å². The third kappa shape index (κ3) is 3.44. The van der Waals surface area contributed by atoms with Crippen molar-refractivity contribution in [2.75, 3.05) is 24.4 Å². The molecule has 1 spiro atoms. The average molecular weight is 324 g/mol. The molecule has 0 radical (unpaired) electrons. The molecule has 21 heavy (non-hydrogen) atoms. The zero-order valence-corrected chi connectivity index (χ0v) is 14.3. The van der Waals surface area contributed by atoms with Gasteiger partial charge in [-0.05, 0) is 61.0 Å². The van der Waals surface area contributed by atoms with Gasteiger partial charge >= 0.3 is 0 Å². The fraction of sp³-hybridized carbons (Fsp3) is 0.647. The number of ether oxygens (including phenoxy) is 1. The molecule has 2 atom stereocenters. The summed E-state index contributed by atoms with van der Waals surface area (Å²) in [5.74, 6) is 3.03. The standard InChI is InChI=1S/C17H25NOS2/c1-20-15-5-3-2-4-14(15)16(18)13-6-9-19-17(12-13)7-10-21-11-8-17/h2-5,13,16H,6-12,18H2,1H3. The summed E-state index contributed by atoms with van der Waals surface area (Å²) >= 11 is 3.86. The molecule has 0 amide bonds. The molecular weight excluding hydrogens is 298 g/mol. The Bertz CT molecular complexity index is 468. The highest BCUT2D eigenvalue weighted by molar-refractivity contribution is 7.99. The average Bonchev–Trinajstić information content (AvgIpc) is 2.55. The number of benzene rings is 1. The highest BCUT2D eigenvalue weighted by atomic mass is 32.2. The predicted octanol–water partition coefficient (Wildman–Crippen LogP) is 4.10. The fourth-order valence-corrected chi connectivity index (χ4v) is 5.55. The molecule has 4 heteroatoms. The molecule has 0 bridgehead atoms. The van der Waals surface area contributed by atoms with Crippen LogP contribution in [0.4, 0.5) is 0 Å². The van der Waals surface area contributed by atoms with E-state index in [2.05, 4.69) is 42.3 Å². The van der Waals surface area contributed by atoms with E-state index >= 15 is 0 Å². The second-order valence-corrected chi connectivity index (χ2v) is 8.24. The first-order chi connectivity index (χ1) is 10.2. The van der Waals surface area contributed by atoms with Gasteiger partial charge in [0.1, 0.15) is 0 Å². The van der Waals surface area contributed by atoms with E-state index in [4.69, 9.17) is 10.5 Å². The normalized spacial score (nSPS) is 26.7. The monoisotopic (exact) mass is 323 g/mol. The Hall–Kier alpha value is -0.160. The summed E-state index contributed by atoms with van der Waals surface area (Å²) in [6.07, 6.45) is 6.77. The minimum atomic E-state index is 0.125. The molecule has 1 aromatic carbocycles. The van der Waals surface area contributed by atoms with Crippen molar-refractivity contribution in [2.45, 2.75) is 42.2 Å². The van der Waals surface area contributed by atoms with Crippen LogP contribution in [0.15, 0.2) is 29.2 Å². The van der Waals surface area contributed by atoms with Crippen molar-refractivity contribution in [3.63, 3.8) is 0 Å². The van der Waals surface area contributed by atoms with Crippen molar-refractivity contribution < 1.29 is 4.74 Å². The third-order valence-corrected chi connectivity index (χ3v) is 6.74. The van der Waals surface area contributed by atoms with Crippen LogP contribution in [0.5, 0.6) is 0 Å². The first kappa shape index (κ1) is 15.7.